The van der Waals surface area contributed by atoms with Gasteiger partial charge in [-0.25, -0.2) is 0 Å². The van der Waals surface area contributed by atoms with Gasteiger partial charge in [-0.3, -0.25) is 4.79 Å². The zero-order valence-corrected chi connectivity index (χ0v) is 12.4. The number of benzene rings is 1. The van der Waals surface area contributed by atoms with Crippen LogP contribution >= 0.6 is 11.8 Å². The Kier molecular flexibility index (Phi) is 5.51. The molecule has 1 fully saturated rings. The van der Waals surface area contributed by atoms with E-state index in [1.54, 1.807) is 4.90 Å². The van der Waals surface area contributed by atoms with E-state index in [1.165, 1.54) is 17.3 Å². The summed E-state index contributed by atoms with van der Waals surface area (Å²) in [7, 11) is 0. The molecule has 1 saturated heterocycles. The van der Waals surface area contributed by atoms with Crippen molar-refractivity contribution >= 4 is 17.0 Å². The molecule has 0 aromatic heterocycles. The average Bonchev–Trinajstić information content (AvgIpc) is 2.47. The highest BCUT2D eigenvalue weighted by Gasteiger charge is 2.35. The van der Waals surface area contributed by atoms with Gasteiger partial charge in [0.15, 0.2) is 0 Å². The number of hydrogen-bond donors (Lipinski definition) is 0. The first-order valence-corrected chi connectivity index (χ1v) is 7.71. The number of nitrogens with zero attached hydrogens (tertiary/aromatic N) is 1. The minimum absolute atomic E-state index is 0.0544. The van der Waals surface area contributed by atoms with Gasteiger partial charge in [0.2, 0.25) is 0 Å². The molecule has 106 valence electrons. The smallest absolute Gasteiger partial charge is 0.284 e. The molecule has 1 aromatic carbocycles. The molecule has 0 saturated carbocycles. The van der Waals surface area contributed by atoms with E-state index >= 15 is 0 Å². The number of thioether (sulfide) groups is 1. The van der Waals surface area contributed by atoms with Crippen LogP contribution < -0.4 is 0 Å². The van der Waals surface area contributed by atoms with Crippen molar-refractivity contribution in [3.8, 4) is 12.3 Å². The second-order valence-electron chi connectivity index (χ2n) is 4.58. The Morgan fingerprint density at radius 2 is 2.20 bits per heavy atom. The number of carbonyl (C=O) groups excluding carboxylic acids is 1. The van der Waals surface area contributed by atoms with Gasteiger partial charge in [-0.15, -0.1) is 12.3 Å². The van der Waals surface area contributed by atoms with E-state index in [9.17, 15) is 4.79 Å². The molecule has 1 aliphatic rings. The van der Waals surface area contributed by atoms with Crippen LogP contribution in [-0.4, -0.2) is 29.5 Å². The molecule has 3 nitrogen and oxygen atoms in total. The van der Waals surface area contributed by atoms with Gasteiger partial charge in [-0.05, 0) is 12.5 Å². The predicted octanol–water partition coefficient (Wildman–Crippen LogP) is 3.67. The lowest BCUT2D eigenvalue weighted by Gasteiger charge is -2.38. The van der Waals surface area contributed by atoms with Gasteiger partial charge >= 0.3 is 0 Å². The van der Waals surface area contributed by atoms with Crippen LogP contribution in [0.15, 0.2) is 30.3 Å². The summed E-state index contributed by atoms with van der Waals surface area (Å²) < 4.78 is 5.74. The Bertz CT molecular complexity index is 483. The SMILES string of the molecule is C#CCCN1C(=O)SC(c2ccccc2)CC1OCC. The van der Waals surface area contributed by atoms with E-state index < -0.39 is 0 Å². The Morgan fingerprint density at radius 1 is 1.45 bits per heavy atom. The number of carbonyl (C=O) groups is 1. The van der Waals surface area contributed by atoms with Gasteiger partial charge in [-0.2, -0.15) is 0 Å². The quantitative estimate of drug-likeness (QED) is 0.775. The highest BCUT2D eigenvalue weighted by Crippen LogP contribution is 2.40. The van der Waals surface area contributed by atoms with Crippen LogP contribution in [0.1, 0.15) is 30.6 Å². The van der Waals surface area contributed by atoms with Crippen LogP contribution in [0.5, 0.6) is 0 Å². The Morgan fingerprint density at radius 3 is 2.85 bits per heavy atom. The molecule has 2 atom stereocenters. The van der Waals surface area contributed by atoms with Gasteiger partial charge in [0.05, 0.1) is 0 Å². The predicted molar refractivity (Wildman–Crippen MR) is 82.4 cm³/mol. The summed E-state index contributed by atoms with van der Waals surface area (Å²) in [6.45, 7) is 3.11. The standard InChI is InChI=1S/C16H19NO2S/c1-3-5-11-17-15(19-4-2)12-14(20-16(17)18)13-9-7-6-8-10-13/h1,6-10,14-15H,4-5,11-12H2,2H3. The number of ether oxygens (including phenoxy) is 1. The molecule has 1 aromatic rings. The molecule has 0 aliphatic carbocycles. The number of terminal acetylenes is 1. The van der Waals surface area contributed by atoms with Gasteiger partial charge in [0.1, 0.15) is 6.23 Å². The average molecular weight is 289 g/mol. The molecule has 4 heteroatoms. The molecule has 0 N–H and O–H groups in total. The van der Waals surface area contributed by atoms with Crippen molar-refractivity contribution in [2.75, 3.05) is 13.2 Å². The lowest BCUT2D eigenvalue weighted by Crippen LogP contribution is -2.44. The van der Waals surface area contributed by atoms with Crippen molar-refractivity contribution in [2.24, 2.45) is 0 Å². The van der Waals surface area contributed by atoms with Crippen molar-refractivity contribution in [1.82, 2.24) is 4.90 Å². The molecule has 0 bridgehead atoms. The zero-order valence-electron chi connectivity index (χ0n) is 11.6. The Hall–Kier alpha value is -1.44. The largest absolute Gasteiger partial charge is 0.359 e. The first-order chi connectivity index (χ1) is 9.76. The maximum atomic E-state index is 12.3. The van der Waals surface area contributed by atoms with E-state index in [-0.39, 0.29) is 16.7 Å². The lowest BCUT2D eigenvalue weighted by atomic mass is 10.1. The molecular formula is C16H19NO2S. The first kappa shape index (κ1) is 15.0. The summed E-state index contributed by atoms with van der Waals surface area (Å²) >= 11 is 1.37. The summed E-state index contributed by atoms with van der Waals surface area (Å²) in [5.41, 5.74) is 1.17. The number of hydrogen-bond acceptors (Lipinski definition) is 3. The molecule has 0 spiro atoms. The van der Waals surface area contributed by atoms with Gasteiger partial charge in [0, 0.05) is 31.2 Å². The zero-order chi connectivity index (χ0) is 14.4. The highest BCUT2D eigenvalue weighted by molar-refractivity contribution is 8.13. The highest BCUT2D eigenvalue weighted by atomic mass is 32.2. The maximum absolute atomic E-state index is 12.3. The Balaban J connectivity index is 2.11. The lowest BCUT2D eigenvalue weighted by molar-refractivity contribution is -0.0340. The van der Waals surface area contributed by atoms with Gasteiger partial charge < -0.3 is 9.64 Å². The van der Waals surface area contributed by atoms with Crippen LogP contribution in [-0.2, 0) is 4.74 Å². The van der Waals surface area contributed by atoms with Crippen molar-refractivity contribution < 1.29 is 9.53 Å². The summed E-state index contributed by atoms with van der Waals surface area (Å²) in [5.74, 6) is 2.58. The first-order valence-electron chi connectivity index (χ1n) is 6.83. The van der Waals surface area contributed by atoms with E-state index in [2.05, 4.69) is 18.1 Å². The monoisotopic (exact) mass is 289 g/mol. The second-order valence-corrected chi connectivity index (χ2v) is 5.73. The molecule has 1 aliphatic heterocycles. The molecular weight excluding hydrogens is 270 g/mol. The summed E-state index contributed by atoms with van der Waals surface area (Å²) in [5, 5.41) is 0.209. The minimum Gasteiger partial charge on any atom is -0.359 e. The van der Waals surface area contributed by atoms with E-state index in [4.69, 9.17) is 11.2 Å². The molecule has 2 unspecified atom stereocenters. The molecule has 0 radical (unpaired) electrons. The van der Waals surface area contributed by atoms with Gasteiger partial charge in [0.25, 0.3) is 5.24 Å². The van der Waals surface area contributed by atoms with Crippen LogP contribution in [0.4, 0.5) is 4.79 Å². The van der Waals surface area contributed by atoms with E-state index in [0.29, 0.717) is 19.6 Å². The van der Waals surface area contributed by atoms with Crippen molar-refractivity contribution in [1.29, 1.82) is 0 Å². The van der Waals surface area contributed by atoms with Crippen molar-refractivity contribution in [2.45, 2.75) is 31.2 Å². The van der Waals surface area contributed by atoms with Crippen molar-refractivity contribution in [3.05, 3.63) is 35.9 Å². The second kappa shape index (κ2) is 7.37. The summed E-state index contributed by atoms with van der Waals surface area (Å²) in [4.78, 5) is 14.1. The van der Waals surface area contributed by atoms with E-state index in [0.717, 1.165) is 6.42 Å². The fraction of sp³-hybridized carbons (Fsp3) is 0.438. The van der Waals surface area contributed by atoms with Crippen molar-refractivity contribution in [3.63, 3.8) is 0 Å². The summed E-state index contributed by atoms with van der Waals surface area (Å²) in [6.07, 6.45) is 6.49. The molecule has 1 heterocycles. The topological polar surface area (TPSA) is 29.5 Å². The van der Waals surface area contributed by atoms with E-state index in [1.807, 2.05) is 25.1 Å². The van der Waals surface area contributed by atoms with Crippen LogP contribution in [0.3, 0.4) is 0 Å². The number of rotatable bonds is 5. The molecule has 20 heavy (non-hydrogen) atoms. The maximum Gasteiger partial charge on any atom is 0.284 e. The number of amides is 1. The van der Waals surface area contributed by atoms with Gasteiger partial charge in [-0.1, -0.05) is 42.1 Å². The minimum atomic E-state index is -0.174. The molecule has 2 rings (SSSR count). The summed E-state index contributed by atoms with van der Waals surface area (Å²) in [6, 6.07) is 10.1. The van der Waals surface area contributed by atoms with Crippen LogP contribution in [0, 0.1) is 12.3 Å². The third-order valence-electron chi connectivity index (χ3n) is 3.27. The fourth-order valence-electron chi connectivity index (χ4n) is 2.31. The fourth-order valence-corrected chi connectivity index (χ4v) is 3.45. The van der Waals surface area contributed by atoms with Crippen LogP contribution in [0.2, 0.25) is 0 Å². The Labute approximate surface area is 124 Å². The third-order valence-corrected chi connectivity index (χ3v) is 4.45. The van der Waals surface area contributed by atoms with Crippen LogP contribution in [0.25, 0.3) is 0 Å². The molecule has 1 amide bonds. The normalized spacial score (nSPS) is 22.6. The third kappa shape index (κ3) is 3.56.